The fourth-order valence-electron chi connectivity index (χ4n) is 5.40. The summed E-state index contributed by atoms with van der Waals surface area (Å²) in [7, 11) is 0. The van der Waals surface area contributed by atoms with Crippen molar-refractivity contribution < 1.29 is 15.3 Å². The van der Waals surface area contributed by atoms with Gasteiger partial charge >= 0.3 is 0 Å². The molecule has 3 aromatic rings. The molecule has 0 aromatic heterocycles. The van der Waals surface area contributed by atoms with E-state index in [0.29, 0.717) is 23.7 Å². The molecule has 0 bridgehead atoms. The van der Waals surface area contributed by atoms with Gasteiger partial charge in [-0.15, -0.1) is 0 Å². The van der Waals surface area contributed by atoms with E-state index < -0.39 is 0 Å². The van der Waals surface area contributed by atoms with Crippen LogP contribution in [0.15, 0.2) is 78.1 Å². The van der Waals surface area contributed by atoms with Gasteiger partial charge < -0.3 is 15.3 Å². The topological polar surface area (TPSA) is 60.7 Å². The molecular formula is C34H40O3. The Morgan fingerprint density at radius 2 is 1.30 bits per heavy atom. The molecule has 37 heavy (non-hydrogen) atoms. The third-order valence-corrected chi connectivity index (χ3v) is 8.53. The molecule has 0 spiro atoms. The van der Waals surface area contributed by atoms with Gasteiger partial charge in [-0.3, -0.25) is 0 Å². The normalized spacial score (nSPS) is 16.4. The number of phenols is 2. The number of hydrogen-bond acceptors (Lipinski definition) is 3. The minimum atomic E-state index is -0.206. The molecular weight excluding hydrogens is 456 g/mol. The monoisotopic (exact) mass is 496 g/mol. The number of aliphatic hydroxyl groups excluding tert-OH is 1. The highest BCUT2D eigenvalue weighted by molar-refractivity contribution is 5.48. The zero-order valence-electron chi connectivity index (χ0n) is 23.2. The zero-order chi connectivity index (χ0) is 27.1. The predicted molar refractivity (Wildman–Crippen MR) is 153 cm³/mol. The summed E-state index contributed by atoms with van der Waals surface area (Å²) in [5, 5.41) is 30.7. The number of phenolic OH excluding ortho intramolecular Hbond substituents is 2. The lowest BCUT2D eigenvalue weighted by Gasteiger charge is -2.35. The summed E-state index contributed by atoms with van der Waals surface area (Å²) in [5.74, 6) is 1.28. The van der Waals surface area contributed by atoms with Gasteiger partial charge in [0.25, 0.3) is 0 Å². The van der Waals surface area contributed by atoms with Crippen molar-refractivity contribution >= 4 is 0 Å². The van der Waals surface area contributed by atoms with E-state index in [2.05, 4.69) is 71.0 Å². The first-order valence-corrected chi connectivity index (χ1v) is 13.1. The van der Waals surface area contributed by atoms with Gasteiger partial charge in [0.05, 0.1) is 0 Å². The van der Waals surface area contributed by atoms with E-state index in [0.717, 1.165) is 28.7 Å². The van der Waals surface area contributed by atoms with Crippen LogP contribution in [-0.4, -0.2) is 15.3 Å². The fourth-order valence-corrected chi connectivity index (χ4v) is 5.40. The van der Waals surface area contributed by atoms with Crippen molar-refractivity contribution in [1.82, 2.24) is 0 Å². The molecule has 0 fully saturated rings. The van der Waals surface area contributed by atoms with Crippen molar-refractivity contribution in [3.8, 4) is 11.5 Å². The fraction of sp³-hybridized carbons (Fsp3) is 0.353. The highest BCUT2D eigenvalue weighted by Crippen LogP contribution is 2.40. The Bertz CT molecular complexity index is 1390. The minimum absolute atomic E-state index is 0.147. The first-order valence-electron chi connectivity index (χ1n) is 13.1. The largest absolute Gasteiger partial charge is 0.508 e. The predicted octanol–water partition coefficient (Wildman–Crippen LogP) is 8.32. The van der Waals surface area contributed by atoms with Crippen LogP contribution in [0.5, 0.6) is 11.5 Å². The van der Waals surface area contributed by atoms with Gasteiger partial charge in [-0.1, -0.05) is 76.2 Å². The minimum Gasteiger partial charge on any atom is -0.508 e. The highest BCUT2D eigenvalue weighted by atomic mass is 16.3. The second-order valence-electron chi connectivity index (χ2n) is 11.8. The third kappa shape index (κ3) is 5.18. The SMILES string of the molecule is CC1=CC(C(C)(C)c2ccc(O)c(Cc3ccc(C(C)(C)c4ccc(O)c(C)c4)cc3C)c2)CC=C1O. The molecule has 1 aliphatic carbocycles. The van der Waals surface area contributed by atoms with Crippen molar-refractivity contribution in [1.29, 1.82) is 0 Å². The Labute approximate surface area is 221 Å². The van der Waals surface area contributed by atoms with Crippen LogP contribution < -0.4 is 0 Å². The van der Waals surface area contributed by atoms with E-state index in [9.17, 15) is 15.3 Å². The molecule has 1 aliphatic rings. The van der Waals surface area contributed by atoms with E-state index in [1.807, 2.05) is 38.1 Å². The standard InChI is InChI=1S/C34H40O3/c1-21-16-26(33(4,5)27-10-13-30(35)22(2)17-27)9-8-24(21)19-25-20-29(12-15-32(25)37)34(6,7)28-11-14-31(36)23(3)18-28/h8-10,12-18,20,28,35-37H,11,19H2,1-7H3. The van der Waals surface area contributed by atoms with Gasteiger partial charge in [-0.25, -0.2) is 0 Å². The number of aliphatic hydroxyl groups is 1. The van der Waals surface area contributed by atoms with Crippen molar-refractivity contribution in [2.75, 3.05) is 0 Å². The van der Waals surface area contributed by atoms with Crippen LogP contribution in [0.2, 0.25) is 0 Å². The van der Waals surface area contributed by atoms with E-state index >= 15 is 0 Å². The van der Waals surface area contributed by atoms with Crippen LogP contribution in [-0.2, 0) is 17.3 Å². The summed E-state index contributed by atoms with van der Waals surface area (Å²) in [4.78, 5) is 0. The molecule has 1 atom stereocenters. The third-order valence-electron chi connectivity index (χ3n) is 8.53. The quantitative estimate of drug-likeness (QED) is 0.321. The van der Waals surface area contributed by atoms with E-state index in [1.54, 1.807) is 6.07 Å². The molecule has 0 saturated heterocycles. The summed E-state index contributed by atoms with van der Waals surface area (Å²) in [6, 6.07) is 18.4. The van der Waals surface area contributed by atoms with Gasteiger partial charge in [-0.2, -0.15) is 0 Å². The maximum absolute atomic E-state index is 10.7. The number of benzene rings is 3. The molecule has 0 radical (unpaired) electrons. The molecule has 4 rings (SSSR count). The van der Waals surface area contributed by atoms with Crippen molar-refractivity contribution in [3.63, 3.8) is 0 Å². The zero-order valence-corrected chi connectivity index (χ0v) is 23.2. The van der Waals surface area contributed by atoms with Crippen LogP contribution in [0.1, 0.15) is 80.0 Å². The lowest BCUT2D eigenvalue weighted by atomic mass is 9.69. The maximum Gasteiger partial charge on any atom is 0.119 e. The van der Waals surface area contributed by atoms with Gasteiger partial charge in [0, 0.05) is 11.8 Å². The van der Waals surface area contributed by atoms with E-state index in [1.165, 1.54) is 22.3 Å². The number of aryl methyl sites for hydroxylation is 2. The number of aromatic hydroxyl groups is 2. The van der Waals surface area contributed by atoms with Crippen LogP contribution in [0.3, 0.4) is 0 Å². The highest BCUT2D eigenvalue weighted by Gasteiger charge is 2.32. The lowest BCUT2D eigenvalue weighted by molar-refractivity contribution is 0.356. The molecule has 3 N–H and O–H groups in total. The number of hydrogen-bond donors (Lipinski definition) is 3. The molecule has 0 heterocycles. The Balaban J connectivity index is 1.61. The summed E-state index contributed by atoms with van der Waals surface area (Å²) in [6.45, 7) is 14.9. The van der Waals surface area contributed by atoms with Gasteiger partial charge in [0.2, 0.25) is 0 Å². The Hall–Kier alpha value is -3.46. The van der Waals surface area contributed by atoms with Crippen LogP contribution in [0.4, 0.5) is 0 Å². The summed E-state index contributed by atoms with van der Waals surface area (Å²) in [6.07, 6.45) is 5.53. The lowest BCUT2D eigenvalue weighted by Crippen LogP contribution is -2.28. The molecule has 3 nitrogen and oxygen atoms in total. The van der Waals surface area contributed by atoms with Crippen molar-refractivity contribution in [2.45, 2.75) is 72.1 Å². The van der Waals surface area contributed by atoms with Crippen LogP contribution in [0.25, 0.3) is 0 Å². The van der Waals surface area contributed by atoms with E-state index in [4.69, 9.17) is 0 Å². The number of allylic oxidation sites excluding steroid dienone is 3. The summed E-state index contributed by atoms with van der Waals surface area (Å²) >= 11 is 0. The molecule has 0 amide bonds. The second kappa shape index (κ2) is 9.78. The maximum atomic E-state index is 10.7. The van der Waals surface area contributed by atoms with Crippen molar-refractivity contribution in [3.05, 3.63) is 117 Å². The molecule has 3 heteroatoms. The van der Waals surface area contributed by atoms with E-state index in [-0.39, 0.29) is 16.7 Å². The van der Waals surface area contributed by atoms with Crippen molar-refractivity contribution in [2.24, 2.45) is 5.92 Å². The average molecular weight is 497 g/mol. The first-order chi connectivity index (χ1) is 17.3. The smallest absolute Gasteiger partial charge is 0.119 e. The van der Waals surface area contributed by atoms with Gasteiger partial charge in [0.15, 0.2) is 0 Å². The van der Waals surface area contributed by atoms with Crippen LogP contribution >= 0.6 is 0 Å². The van der Waals surface area contributed by atoms with Gasteiger partial charge in [-0.05, 0) is 101 Å². The summed E-state index contributed by atoms with van der Waals surface area (Å²) < 4.78 is 0. The summed E-state index contributed by atoms with van der Waals surface area (Å²) in [5.41, 5.74) is 8.31. The van der Waals surface area contributed by atoms with Crippen LogP contribution in [0, 0.1) is 19.8 Å². The first kappa shape index (κ1) is 26.6. The second-order valence-corrected chi connectivity index (χ2v) is 11.8. The average Bonchev–Trinajstić information content (AvgIpc) is 2.84. The van der Waals surface area contributed by atoms with Gasteiger partial charge in [0.1, 0.15) is 17.3 Å². The molecule has 3 aromatic carbocycles. The molecule has 194 valence electrons. The Morgan fingerprint density at radius 1 is 0.703 bits per heavy atom. The Morgan fingerprint density at radius 3 is 1.92 bits per heavy atom. The molecule has 0 aliphatic heterocycles. The molecule has 0 saturated carbocycles. The number of rotatable bonds is 6. The Kier molecular flexibility index (Phi) is 7.03. The molecule has 1 unspecified atom stereocenters.